The van der Waals surface area contributed by atoms with E-state index in [0.29, 0.717) is 11.4 Å². The molecule has 2 heterocycles. The summed E-state index contributed by atoms with van der Waals surface area (Å²) in [6.07, 6.45) is 0. The largest absolute Gasteiger partial charge is 0.303 e. The SMILES string of the molecule is CC(C(=N)C(=N)C(C)c1ccsc1)c1ccsc1. The van der Waals surface area contributed by atoms with Crippen LogP contribution >= 0.6 is 22.7 Å². The van der Waals surface area contributed by atoms with Gasteiger partial charge in [0.2, 0.25) is 0 Å². The number of hydrogen-bond donors (Lipinski definition) is 2. The summed E-state index contributed by atoms with van der Waals surface area (Å²) in [5.74, 6) is 0.00896. The fraction of sp³-hybridized carbons (Fsp3) is 0.286. The van der Waals surface area contributed by atoms with Crippen molar-refractivity contribution in [2.24, 2.45) is 0 Å². The average molecular weight is 276 g/mol. The highest BCUT2D eigenvalue weighted by Crippen LogP contribution is 2.25. The number of hydrogen-bond acceptors (Lipinski definition) is 4. The predicted molar refractivity (Wildman–Crippen MR) is 80.9 cm³/mol. The zero-order valence-electron chi connectivity index (χ0n) is 10.4. The lowest BCUT2D eigenvalue weighted by molar-refractivity contribution is 0.984. The van der Waals surface area contributed by atoms with Gasteiger partial charge in [-0.3, -0.25) is 0 Å². The van der Waals surface area contributed by atoms with Crippen LogP contribution in [0.1, 0.15) is 36.8 Å². The van der Waals surface area contributed by atoms with Gasteiger partial charge in [-0.15, -0.1) is 0 Å². The molecule has 0 bridgehead atoms. The van der Waals surface area contributed by atoms with E-state index in [0.717, 1.165) is 11.1 Å². The molecule has 2 N–H and O–H groups in total. The third-order valence-corrected chi connectivity index (χ3v) is 4.65. The first-order valence-electron chi connectivity index (χ1n) is 5.82. The molecule has 2 aromatic rings. The van der Waals surface area contributed by atoms with Gasteiger partial charge in [-0.25, -0.2) is 0 Å². The lowest BCUT2D eigenvalue weighted by atomic mass is 9.87. The molecule has 2 atom stereocenters. The van der Waals surface area contributed by atoms with E-state index in [1.807, 2.05) is 36.7 Å². The predicted octanol–water partition coefficient (Wildman–Crippen LogP) is 4.76. The van der Waals surface area contributed by atoms with Crippen LogP contribution in [0, 0.1) is 10.8 Å². The minimum atomic E-state index is 0.00448. The average Bonchev–Trinajstić information content (AvgIpc) is 3.06. The van der Waals surface area contributed by atoms with E-state index in [-0.39, 0.29) is 11.8 Å². The maximum absolute atomic E-state index is 8.19. The lowest BCUT2D eigenvalue weighted by Crippen LogP contribution is -2.23. The van der Waals surface area contributed by atoms with E-state index in [1.54, 1.807) is 22.7 Å². The molecule has 2 rings (SSSR count). The quantitative estimate of drug-likeness (QED) is 0.740. The topological polar surface area (TPSA) is 47.7 Å². The maximum Gasteiger partial charge on any atom is 0.0599 e. The van der Waals surface area contributed by atoms with Crippen molar-refractivity contribution in [3.63, 3.8) is 0 Å². The van der Waals surface area contributed by atoms with Crippen LogP contribution in [0.3, 0.4) is 0 Å². The molecule has 0 aliphatic carbocycles. The smallest absolute Gasteiger partial charge is 0.0599 e. The fourth-order valence-corrected chi connectivity index (χ4v) is 3.35. The molecule has 0 aromatic carbocycles. The Balaban J connectivity index is 2.12. The summed E-state index contributed by atoms with van der Waals surface area (Å²) in [6, 6.07) is 4.07. The highest BCUT2D eigenvalue weighted by atomic mass is 32.1. The van der Waals surface area contributed by atoms with Crippen LogP contribution in [0.25, 0.3) is 0 Å². The molecule has 0 amide bonds. The first kappa shape index (κ1) is 13.2. The Labute approximate surface area is 115 Å². The Hall–Kier alpha value is -1.26. The van der Waals surface area contributed by atoms with Crippen LogP contribution in [0.2, 0.25) is 0 Å². The fourth-order valence-electron chi connectivity index (χ4n) is 1.84. The third kappa shape index (κ3) is 2.60. The van der Waals surface area contributed by atoms with Crippen LogP contribution in [0.5, 0.6) is 0 Å². The molecule has 0 aliphatic rings. The van der Waals surface area contributed by atoms with E-state index in [9.17, 15) is 0 Å². The van der Waals surface area contributed by atoms with Gasteiger partial charge in [0, 0.05) is 11.8 Å². The summed E-state index contributed by atoms with van der Waals surface area (Å²) in [4.78, 5) is 0. The first-order valence-corrected chi connectivity index (χ1v) is 7.71. The molecule has 18 heavy (non-hydrogen) atoms. The molecule has 0 spiro atoms. The minimum Gasteiger partial charge on any atom is -0.303 e. The van der Waals surface area contributed by atoms with E-state index in [4.69, 9.17) is 10.8 Å². The minimum absolute atomic E-state index is 0.00448. The normalized spacial score (nSPS) is 14.1. The van der Waals surface area contributed by atoms with Gasteiger partial charge in [-0.2, -0.15) is 22.7 Å². The number of thiophene rings is 2. The molecular formula is C14H16N2S2. The van der Waals surface area contributed by atoms with Gasteiger partial charge in [0.1, 0.15) is 0 Å². The molecule has 0 fully saturated rings. The zero-order valence-corrected chi connectivity index (χ0v) is 12.1. The van der Waals surface area contributed by atoms with Crippen LogP contribution in [-0.2, 0) is 0 Å². The van der Waals surface area contributed by atoms with E-state index >= 15 is 0 Å². The Morgan fingerprint density at radius 3 is 1.56 bits per heavy atom. The molecule has 0 radical (unpaired) electrons. The van der Waals surface area contributed by atoms with Crippen LogP contribution in [0.4, 0.5) is 0 Å². The molecule has 2 nitrogen and oxygen atoms in total. The van der Waals surface area contributed by atoms with Crippen LogP contribution in [0.15, 0.2) is 33.7 Å². The summed E-state index contributed by atoms with van der Waals surface area (Å²) < 4.78 is 0. The van der Waals surface area contributed by atoms with Crippen molar-refractivity contribution < 1.29 is 0 Å². The van der Waals surface area contributed by atoms with Crippen molar-refractivity contribution >= 4 is 34.1 Å². The highest BCUT2D eigenvalue weighted by Gasteiger charge is 2.21. The lowest BCUT2D eigenvalue weighted by Gasteiger charge is -2.17. The van der Waals surface area contributed by atoms with Crippen molar-refractivity contribution in [1.82, 2.24) is 0 Å². The summed E-state index contributed by atoms with van der Waals surface area (Å²) in [7, 11) is 0. The summed E-state index contributed by atoms with van der Waals surface area (Å²) in [6.45, 7) is 4.00. The second kappa shape index (κ2) is 5.59. The van der Waals surface area contributed by atoms with Gasteiger partial charge in [0.25, 0.3) is 0 Å². The molecule has 2 aromatic heterocycles. The maximum atomic E-state index is 8.19. The molecular weight excluding hydrogens is 260 g/mol. The third-order valence-electron chi connectivity index (χ3n) is 3.24. The second-order valence-corrected chi connectivity index (χ2v) is 5.94. The molecule has 0 saturated heterocycles. The summed E-state index contributed by atoms with van der Waals surface area (Å²) in [5.41, 5.74) is 3.11. The highest BCUT2D eigenvalue weighted by molar-refractivity contribution is 7.08. The van der Waals surface area contributed by atoms with Gasteiger partial charge in [0.15, 0.2) is 0 Å². The molecule has 94 valence electrons. The zero-order chi connectivity index (χ0) is 13.1. The van der Waals surface area contributed by atoms with Gasteiger partial charge in [-0.1, -0.05) is 13.8 Å². The van der Waals surface area contributed by atoms with Crippen molar-refractivity contribution in [2.75, 3.05) is 0 Å². The molecule has 4 heteroatoms. The van der Waals surface area contributed by atoms with E-state index in [2.05, 4.69) is 10.8 Å². The first-order chi connectivity index (χ1) is 8.61. The van der Waals surface area contributed by atoms with Crippen molar-refractivity contribution in [3.8, 4) is 0 Å². The summed E-state index contributed by atoms with van der Waals surface area (Å²) >= 11 is 3.28. The van der Waals surface area contributed by atoms with Gasteiger partial charge in [0.05, 0.1) is 11.4 Å². The van der Waals surface area contributed by atoms with E-state index in [1.165, 1.54) is 0 Å². The monoisotopic (exact) mass is 276 g/mol. The van der Waals surface area contributed by atoms with E-state index < -0.39 is 0 Å². The van der Waals surface area contributed by atoms with Crippen molar-refractivity contribution in [1.29, 1.82) is 10.8 Å². The Morgan fingerprint density at radius 1 is 0.889 bits per heavy atom. The van der Waals surface area contributed by atoms with Crippen LogP contribution in [-0.4, -0.2) is 11.4 Å². The Bertz CT molecular complexity index is 476. The van der Waals surface area contributed by atoms with Gasteiger partial charge in [-0.05, 0) is 44.8 Å². The van der Waals surface area contributed by atoms with Gasteiger partial charge >= 0.3 is 0 Å². The molecule has 0 saturated carbocycles. The number of nitrogens with one attached hydrogen (secondary N) is 2. The van der Waals surface area contributed by atoms with Crippen molar-refractivity contribution in [2.45, 2.75) is 25.7 Å². The number of rotatable bonds is 5. The standard InChI is InChI=1S/C14H16N2S2/c1-9(11-3-5-17-7-11)13(15)14(16)10(2)12-4-6-18-8-12/h3-10,15-16H,1-2H3. The van der Waals surface area contributed by atoms with Gasteiger partial charge < -0.3 is 10.8 Å². The summed E-state index contributed by atoms with van der Waals surface area (Å²) in [5, 5.41) is 24.5. The van der Waals surface area contributed by atoms with Crippen molar-refractivity contribution in [3.05, 3.63) is 44.8 Å². The molecule has 0 aliphatic heterocycles. The molecule has 2 unspecified atom stereocenters. The second-order valence-electron chi connectivity index (χ2n) is 4.38. The Kier molecular flexibility index (Phi) is 4.09. The van der Waals surface area contributed by atoms with Crippen LogP contribution < -0.4 is 0 Å². The Morgan fingerprint density at radius 2 is 1.28 bits per heavy atom.